The van der Waals surface area contributed by atoms with Crippen molar-refractivity contribution >= 4 is 56.2 Å². The number of alkyl carbamates (subject to hydrolysis) is 1. The van der Waals surface area contributed by atoms with E-state index in [1.54, 1.807) is 10.8 Å². The van der Waals surface area contributed by atoms with E-state index in [-0.39, 0.29) is 48.2 Å². The maximum Gasteiger partial charge on any atom is 0.433 e. The zero-order valence-electron chi connectivity index (χ0n) is 25.6. The fraction of sp³-hybridized carbons (Fsp3) is 0.235. The Bertz CT molecular complexity index is 1850. The molecule has 1 atom stereocenters. The minimum atomic E-state index is -4.79. The van der Waals surface area contributed by atoms with Crippen molar-refractivity contribution < 1.29 is 42.1 Å². The van der Waals surface area contributed by atoms with Gasteiger partial charge in [0.2, 0.25) is 5.88 Å². The van der Waals surface area contributed by atoms with Gasteiger partial charge in [0.15, 0.2) is 0 Å². The maximum atomic E-state index is 13.6. The number of carboxylic acids is 1. The van der Waals surface area contributed by atoms with E-state index in [1.807, 2.05) is 42.5 Å². The summed E-state index contributed by atoms with van der Waals surface area (Å²) in [5, 5.41) is 13.9. The van der Waals surface area contributed by atoms with E-state index in [2.05, 4.69) is 15.6 Å². The minimum absolute atomic E-state index is 0.000960. The molecule has 0 radical (unpaired) electrons. The van der Waals surface area contributed by atoms with E-state index < -0.39 is 29.2 Å². The van der Waals surface area contributed by atoms with Gasteiger partial charge in [-0.15, -0.1) is 0 Å². The summed E-state index contributed by atoms with van der Waals surface area (Å²) in [6, 6.07) is 21.4. The van der Waals surface area contributed by atoms with E-state index in [0.29, 0.717) is 12.3 Å². The maximum absolute atomic E-state index is 13.6. The van der Waals surface area contributed by atoms with Crippen molar-refractivity contribution in [3.05, 3.63) is 107 Å². The van der Waals surface area contributed by atoms with Gasteiger partial charge in [0.25, 0.3) is 5.24 Å². The van der Waals surface area contributed by atoms with Crippen molar-refractivity contribution in [3.63, 3.8) is 0 Å². The summed E-state index contributed by atoms with van der Waals surface area (Å²) >= 11 is 5.50. The summed E-state index contributed by atoms with van der Waals surface area (Å²) in [4.78, 5) is 38.4. The highest BCUT2D eigenvalue weighted by Gasteiger charge is 2.34. The predicted octanol–water partition coefficient (Wildman–Crippen LogP) is 8.58. The highest BCUT2D eigenvalue weighted by Crippen LogP contribution is 2.45. The largest absolute Gasteiger partial charge is 0.481 e. The summed E-state index contributed by atoms with van der Waals surface area (Å²) in [5.74, 6) is -0.0544. The summed E-state index contributed by atoms with van der Waals surface area (Å²) in [6.07, 6.45) is -5.48. The number of aliphatic carboxylic acids is 1. The average molecular weight is 732 g/mol. The van der Waals surface area contributed by atoms with Crippen LogP contribution in [0.4, 0.5) is 23.7 Å². The number of nitrogens with one attached hydrogen (secondary N) is 2. The van der Waals surface area contributed by atoms with Crippen molar-refractivity contribution in [2.45, 2.75) is 25.1 Å². The van der Waals surface area contributed by atoms with Crippen LogP contribution in [0.5, 0.6) is 11.6 Å². The van der Waals surface area contributed by atoms with Crippen molar-refractivity contribution in [3.8, 4) is 22.8 Å². The van der Waals surface area contributed by atoms with Gasteiger partial charge in [-0.25, -0.2) is 9.78 Å². The molecule has 0 bridgehead atoms. The first kappa shape index (κ1) is 35.9. The number of fused-ring (bicyclic) bond motifs is 3. The fourth-order valence-electron chi connectivity index (χ4n) is 5.13. The molecule has 0 saturated carbocycles. The first-order chi connectivity index (χ1) is 23.5. The molecule has 1 amide bonds. The van der Waals surface area contributed by atoms with Crippen LogP contribution in [0, 0.1) is 0 Å². The first-order valence-corrected chi connectivity index (χ1v) is 17.7. The lowest BCUT2D eigenvalue weighted by molar-refractivity contribution is -0.141. The van der Waals surface area contributed by atoms with Gasteiger partial charge < -0.3 is 25.2 Å². The molecule has 9 nitrogen and oxygen atoms in total. The number of nitrogens with zero attached hydrogens (tertiary/aromatic N) is 1. The third kappa shape index (κ3) is 9.83. The number of rotatable bonds is 15. The Balaban J connectivity index is 1.20. The van der Waals surface area contributed by atoms with Crippen LogP contribution < -0.4 is 15.4 Å². The standard InChI is InChI=1S/C34H29ClF3N3O6S2/c35-32(44)21-4-3-5-23(16-21)47-30-15-20(14-29(41-30)34(36,37)38)18-40-33(45)46-19-28-25-7-2-1-6-24(25)27-17-22(8-9-26(27)28)39-11-13-49-48-12-10-31(42)43/h1-9,14-17,28,39H,10-13,18-19H2,(H,40,45)(H,42,43). The monoisotopic (exact) mass is 731 g/mol. The number of carbonyl (C=O) groups excluding carboxylic acids is 2. The number of ether oxygens (including phenoxy) is 2. The molecule has 3 aromatic carbocycles. The normalized spacial score (nSPS) is 13.3. The number of carboxylic acid groups (broad SMARTS) is 1. The van der Waals surface area contributed by atoms with Gasteiger partial charge in [-0.3, -0.25) is 9.59 Å². The molecule has 49 heavy (non-hydrogen) atoms. The van der Waals surface area contributed by atoms with Gasteiger partial charge in [-0.1, -0.05) is 58.0 Å². The third-order valence-electron chi connectivity index (χ3n) is 7.31. The van der Waals surface area contributed by atoms with Gasteiger partial charge in [0.05, 0.1) is 6.42 Å². The molecule has 3 N–H and O–H groups in total. The van der Waals surface area contributed by atoms with Crippen LogP contribution in [0.3, 0.4) is 0 Å². The van der Waals surface area contributed by atoms with Crippen LogP contribution in [0.25, 0.3) is 11.1 Å². The van der Waals surface area contributed by atoms with Gasteiger partial charge in [-0.2, -0.15) is 13.2 Å². The van der Waals surface area contributed by atoms with Gasteiger partial charge >= 0.3 is 18.2 Å². The fourth-order valence-corrected chi connectivity index (χ4v) is 7.13. The summed E-state index contributed by atoms with van der Waals surface area (Å²) in [5.41, 5.74) is 3.83. The number of hydrogen-bond donors (Lipinski definition) is 3. The smallest absolute Gasteiger partial charge is 0.433 e. The van der Waals surface area contributed by atoms with Crippen LogP contribution in [-0.4, -0.2) is 52.1 Å². The molecule has 1 aromatic heterocycles. The molecule has 256 valence electrons. The molecule has 1 aliphatic rings. The summed E-state index contributed by atoms with van der Waals surface area (Å²) in [7, 11) is 3.13. The van der Waals surface area contributed by atoms with Crippen molar-refractivity contribution in [2.75, 3.05) is 30.0 Å². The molecule has 0 aliphatic heterocycles. The lowest BCUT2D eigenvalue weighted by Crippen LogP contribution is -2.26. The molecule has 4 aromatic rings. The Hall–Kier alpha value is -4.40. The third-order valence-corrected chi connectivity index (χ3v) is 9.93. The Labute approximate surface area is 292 Å². The molecule has 1 aliphatic carbocycles. The highest BCUT2D eigenvalue weighted by atomic mass is 35.5. The second-order valence-electron chi connectivity index (χ2n) is 10.7. The zero-order chi connectivity index (χ0) is 35.0. The highest BCUT2D eigenvalue weighted by molar-refractivity contribution is 8.76. The van der Waals surface area contributed by atoms with Crippen LogP contribution in [0.2, 0.25) is 0 Å². The molecule has 0 spiro atoms. The molecular formula is C34H29ClF3N3O6S2. The van der Waals surface area contributed by atoms with Gasteiger partial charge in [0, 0.05) is 47.8 Å². The van der Waals surface area contributed by atoms with Crippen LogP contribution in [0.15, 0.2) is 78.9 Å². The Morgan fingerprint density at radius 2 is 1.69 bits per heavy atom. The predicted molar refractivity (Wildman–Crippen MR) is 184 cm³/mol. The molecular weight excluding hydrogens is 703 g/mol. The number of pyridine rings is 1. The molecule has 1 heterocycles. The Morgan fingerprint density at radius 3 is 2.47 bits per heavy atom. The van der Waals surface area contributed by atoms with Crippen molar-refractivity contribution in [2.24, 2.45) is 0 Å². The molecule has 0 saturated heterocycles. The van der Waals surface area contributed by atoms with E-state index in [9.17, 15) is 27.6 Å². The van der Waals surface area contributed by atoms with E-state index >= 15 is 0 Å². The summed E-state index contributed by atoms with van der Waals surface area (Å²) < 4.78 is 52.0. The minimum Gasteiger partial charge on any atom is -0.481 e. The Morgan fingerprint density at radius 1 is 0.918 bits per heavy atom. The van der Waals surface area contributed by atoms with Crippen LogP contribution in [0.1, 0.15) is 45.1 Å². The lowest BCUT2D eigenvalue weighted by atomic mass is 9.98. The Kier molecular flexibility index (Phi) is 12.0. The summed E-state index contributed by atoms with van der Waals surface area (Å²) in [6.45, 7) is 0.390. The quantitative estimate of drug-likeness (QED) is 0.0622. The van der Waals surface area contributed by atoms with Crippen LogP contribution in [-0.2, 0) is 22.3 Å². The topological polar surface area (TPSA) is 127 Å². The van der Waals surface area contributed by atoms with E-state index in [4.69, 9.17) is 26.2 Å². The number of anilines is 1. The van der Waals surface area contributed by atoms with E-state index in [1.165, 1.54) is 41.1 Å². The molecule has 15 heteroatoms. The molecule has 5 rings (SSSR count). The van der Waals surface area contributed by atoms with Crippen molar-refractivity contribution in [1.82, 2.24) is 10.3 Å². The van der Waals surface area contributed by atoms with Gasteiger partial charge in [0.1, 0.15) is 18.1 Å². The lowest BCUT2D eigenvalue weighted by Gasteiger charge is -2.16. The van der Waals surface area contributed by atoms with E-state index in [0.717, 1.165) is 39.8 Å². The average Bonchev–Trinajstić information content (AvgIpc) is 3.38. The second kappa shape index (κ2) is 16.3. The molecule has 1 unspecified atom stereocenters. The van der Waals surface area contributed by atoms with Gasteiger partial charge in [-0.05, 0) is 75.8 Å². The molecule has 0 fully saturated rings. The zero-order valence-corrected chi connectivity index (χ0v) is 28.0. The number of carbonyl (C=O) groups is 3. The number of aromatic nitrogens is 1. The first-order valence-electron chi connectivity index (χ1n) is 14.9. The number of halogens is 4. The second-order valence-corrected chi connectivity index (χ2v) is 13.8. The number of benzene rings is 3. The SMILES string of the molecule is O=C(O)CCSSCCNc1ccc2c(c1)-c1ccccc1C2COC(=O)NCc1cc(Oc2cccc(C(=O)Cl)c2)nc(C(F)(F)F)c1. The number of amides is 1. The van der Waals surface area contributed by atoms with Crippen molar-refractivity contribution in [1.29, 1.82) is 0 Å². The van der Waals surface area contributed by atoms with Crippen LogP contribution >= 0.6 is 33.2 Å². The number of alkyl halides is 3. The number of hydrogen-bond acceptors (Lipinski definition) is 9.